The summed E-state index contributed by atoms with van der Waals surface area (Å²) in [6.07, 6.45) is 0.367. The van der Waals surface area contributed by atoms with Crippen molar-refractivity contribution in [3.05, 3.63) is 65.2 Å². The van der Waals surface area contributed by atoms with Crippen LogP contribution < -0.4 is 10.1 Å². The molecule has 3 nitrogen and oxygen atoms in total. The maximum atomic E-state index is 10.3. The molecule has 0 heterocycles. The number of aliphatic hydroxyl groups is 1. The molecule has 2 N–H and O–H groups in total. The Morgan fingerprint density at radius 1 is 1.18 bits per heavy atom. The molecule has 3 unspecified atom stereocenters. The number of fused-ring (bicyclic) bond motifs is 1. The van der Waals surface area contributed by atoms with Gasteiger partial charge in [-0.2, -0.15) is 0 Å². The number of benzene rings is 2. The largest absolute Gasteiger partial charge is 0.494 e. The minimum atomic E-state index is -0.359. The Hall–Kier alpha value is -1.84. The maximum Gasteiger partial charge on any atom is 0.119 e. The van der Waals surface area contributed by atoms with E-state index in [2.05, 4.69) is 36.5 Å². The molecule has 0 fully saturated rings. The lowest BCUT2D eigenvalue weighted by molar-refractivity contribution is 0.136. The van der Waals surface area contributed by atoms with Crippen LogP contribution in [0.4, 0.5) is 0 Å². The van der Waals surface area contributed by atoms with Gasteiger partial charge in [-0.25, -0.2) is 0 Å². The average molecular weight is 297 g/mol. The number of rotatable bonds is 5. The molecular formula is C19H23NO2. The first-order valence-corrected chi connectivity index (χ1v) is 7.93. The minimum absolute atomic E-state index is 0.00207. The van der Waals surface area contributed by atoms with E-state index in [0.717, 1.165) is 12.2 Å². The first kappa shape index (κ1) is 15.1. The zero-order valence-corrected chi connectivity index (χ0v) is 13.1. The van der Waals surface area contributed by atoms with Gasteiger partial charge in [0.15, 0.2) is 0 Å². The van der Waals surface area contributed by atoms with Crippen molar-refractivity contribution in [1.29, 1.82) is 0 Å². The van der Waals surface area contributed by atoms with E-state index in [1.807, 2.05) is 31.2 Å². The molecule has 2 aromatic carbocycles. The third-order valence-electron chi connectivity index (χ3n) is 4.32. The van der Waals surface area contributed by atoms with Crippen LogP contribution in [-0.4, -0.2) is 17.8 Å². The van der Waals surface area contributed by atoms with Gasteiger partial charge in [0.05, 0.1) is 18.8 Å². The van der Waals surface area contributed by atoms with Gasteiger partial charge in [0.1, 0.15) is 5.75 Å². The van der Waals surface area contributed by atoms with E-state index in [4.69, 9.17) is 4.74 Å². The molecule has 0 aromatic heterocycles. The predicted molar refractivity (Wildman–Crippen MR) is 88.1 cm³/mol. The Bertz CT molecular complexity index is 624. The van der Waals surface area contributed by atoms with Gasteiger partial charge >= 0.3 is 0 Å². The van der Waals surface area contributed by atoms with Gasteiger partial charge in [-0.15, -0.1) is 0 Å². The zero-order chi connectivity index (χ0) is 15.5. The average Bonchev–Trinajstić information content (AvgIpc) is 2.84. The normalized spacial score (nSPS) is 21.4. The maximum absolute atomic E-state index is 10.3. The molecule has 1 aliphatic carbocycles. The van der Waals surface area contributed by atoms with Crippen LogP contribution in [0.3, 0.4) is 0 Å². The molecule has 22 heavy (non-hydrogen) atoms. The van der Waals surface area contributed by atoms with Crippen molar-refractivity contribution in [3.63, 3.8) is 0 Å². The first-order valence-electron chi connectivity index (χ1n) is 7.93. The predicted octanol–water partition coefficient (Wildman–Crippen LogP) is 3.39. The van der Waals surface area contributed by atoms with Crippen LogP contribution in [0.5, 0.6) is 5.75 Å². The smallest absolute Gasteiger partial charge is 0.119 e. The standard InChI is InChI=1S/C19H23NO2/c1-3-22-16-10-8-14(9-11-16)13(2)20-19-17-7-5-4-6-15(17)12-18(19)21/h4-11,13,18-21H,3,12H2,1-2H3. The van der Waals surface area contributed by atoms with Crippen LogP contribution in [0, 0.1) is 0 Å². The quantitative estimate of drug-likeness (QED) is 0.889. The number of hydrogen-bond donors (Lipinski definition) is 2. The highest BCUT2D eigenvalue weighted by Crippen LogP contribution is 2.33. The second-order valence-corrected chi connectivity index (χ2v) is 5.84. The van der Waals surface area contributed by atoms with Crippen molar-refractivity contribution in [1.82, 2.24) is 5.32 Å². The first-order chi connectivity index (χ1) is 10.7. The van der Waals surface area contributed by atoms with Crippen LogP contribution in [0.15, 0.2) is 48.5 Å². The van der Waals surface area contributed by atoms with E-state index in [1.54, 1.807) is 0 Å². The Morgan fingerprint density at radius 3 is 2.64 bits per heavy atom. The minimum Gasteiger partial charge on any atom is -0.494 e. The molecule has 116 valence electrons. The SMILES string of the molecule is CCOc1ccc(C(C)NC2c3ccccc3CC2O)cc1. The van der Waals surface area contributed by atoms with Crippen molar-refractivity contribution in [2.45, 2.75) is 38.5 Å². The van der Waals surface area contributed by atoms with Gasteiger partial charge in [0.25, 0.3) is 0 Å². The van der Waals surface area contributed by atoms with E-state index in [9.17, 15) is 5.11 Å². The molecule has 0 bridgehead atoms. The van der Waals surface area contributed by atoms with Gasteiger partial charge < -0.3 is 15.2 Å². The van der Waals surface area contributed by atoms with Gasteiger partial charge in [-0.05, 0) is 42.7 Å². The fourth-order valence-electron chi connectivity index (χ4n) is 3.16. The van der Waals surface area contributed by atoms with E-state index >= 15 is 0 Å². The monoisotopic (exact) mass is 297 g/mol. The van der Waals surface area contributed by atoms with Crippen LogP contribution >= 0.6 is 0 Å². The molecule has 3 atom stereocenters. The summed E-state index contributed by atoms with van der Waals surface area (Å²) in [6, 6.07) is 16.6. The zero-order valence-electron chi connectivity index (χ0n) is 13.1. The van der Waals surface area contributed by atoms with Crippen molar-refractivity contribution in [2.75, 3.05) is 6.61 Å². The third kappa shape index (κ3) is 3.01. The highest BCUT2D eigenvalue weighted by Gasteiger charge is 2.31. The molecule has 1 aliphatic rings. The fraction of sp³-hybridized carbons (Fsp3) is 0.368. The molecule has 0 spiro atoms. The van der Waals surface area contributed by atoms with Crippen molar-refractivity contribution in [3.8, 4) is 5.75 Å². The second-order valence-electron chi connectivity index (χ2n) is 5.84. The Morgan fingerprint density at radius 2 is 1.91 bits per heavy atom. The van der Waals surface area contributed by atoms with E-state index < -0.39 is 0 Å². The lowest BCUT2D eigenvalue weighted by Gasteiger charge is -2.23. The lowest BCUT2D eigenvalue weighted by atomic mass is 10.0. The van der Waals surface area contributed by atoms with E-state index in [1.165, 1.54) is 16.7 Å². The van der Waals surface area contributed by atoms with Gasteiger partial charge in [0.2, 0.25) is 0 Å². The Kier molecular flexibility index (Phi) is 4.46. The summed E-state index contributed by atoms with van der Waals surface area (Å²) in [4.78, 5) is 0. The molecule has 0 radical (unpaired) electrons. The Balaban J connectivity index is 1.72. The van der Waals surface area contributed by atoms with Gasteiger partial charge in [0, 0.05) is 12.5 Å². The molecule has 3 rings (SSSR count). The van der Waals surface area contributed by atoms with Crippen molar-refractivity contribution in [2.24, 2.45) is 0 Å². The molecule has 2 aromatic rings. The number of ether oxygens (including phenoxy) is 1. The third-order valence-corrected chi connectivity index (χ3v) is 4.32. The molecular weight excluding hydrogens is 274 g/mol. The topological polar surface area (TPSA) is 41.5 Å². The number of nitrogens with one attached hydrogen (secondary N) is 1. The molecule has 0 aliphatic heterocycles. The summed E-state index contributed by atoms with van der Waals surface area (Å²) < 4.78 is 5.48. The van der Waals surface area contributed by atoms with Crippen LogP contribution in [0.1, 0.15) is 42.6 Å². The lowest BCUT2D eigenvalue weighted by Crippen LogP contribution is -2.30. The van der Waals surface area contributed by atoms with Crippen LogP contribution in [-0.2, 0) is 6.42 Å². The summed E-state index contributed by atoms with van der Waals surface area (Å²) in [5, 5.41) is 13.9. The molecule has 0 amide bonds. The molecule has 0 saturated carbocycles. The second kappa shape index (κ2) is 6.51. The summed E-state index contributed by atoms with van der Waals surface area (Å²) in [5.41, 5.74) is 3.65. The van der Waals surface area contributed by atoms with E-state index in [0.29, 0.717) is 6.61 Å². The van der Waals surface area contributed by atoms with Gasteiger partial charge in [-0.1, -0.05) is 36.4 Å². The number of hydrogen-bond acceptors (Lipinski definition) is 3. The Labute approximate surface area is 131 Å². The van der Waals surface area contributed by atoms with Crippen molar-refractivity contribution < 1.29 is 9.84 Å². The fourth-order valence-corrected chi connectivity index (χ4v) is 3.16. The highest BCUT2D eigenvalue weighted by atomic mass is 16.5. The summed E-state index contributed by atoms with van der Waals surface area (Å²) in [6.45, 7) is 4.79. The van der Waals surface area contributed by atoms with Crippen LogP contribution in [0.2, 0.25) is 0 Å². The summed E-state index contributed by atoms with van der Waals surface area (Å²) >= 11 is 0. The number of aliphatic hydroxyl groups excluding tert-OH is 1. The molecule has 3 heteroatoms. The van der Waals surface area contributed by atoms with Gasteiger partial charge in [-0.3, -0.25) is 0 Å². The summed E-state index contributed by atoms with van der Waals surface area (Å²) in [7, 11) is 0. The molecule has 0 saturated heterocycles. The summed E-state index contributed by atoms with van der Waals surface area (Å²) in [5.74, 6) is 0.893. The van der Waals surface area contributed by atoms with Crippen molar-refractivity contribution >= 4 is 0 Å². The van der Waals surface area contributed by atoms with E-state index in [-0.39, 0.29) is 18.2 Å². The van der Waals surface area contributed by atoms with Crippen LogP contribution in [0.25, 0.3) is 0 Å². The highest BCUT2D eigenvalue weighted by molar-refractivity contribution is 5.37.